The SMILES string of the molecule is CC(CN1CCN(c2ccccc2)CC1)NC(=O)[C@@H]1CC[C@H](CN)O1.Cl.Cl.Cl. The first-order valence-corrected chi connectivity index (χ1v) is 9.34. The van der Waals surface area contributed by atoms with Gasteiger partial charge in [-0.2, -0.15) is 0 Å². The Hall–Kier alpha value is -0.760. The Morgan fingerprint density at radius 1 is 1.14 bits per heavy atom. The summed E-state index contributed by atoms with van der Waals surface area (Å²) >= 11 is 0. The number of carbonyl (C=O) groups excluding carboxylic acids is 1. The molecule has 3 N–H and O–H groups in total. The lowest BCUT2D eigenvalue weighted by molar-refractivity contribution is -0.132. The Morgan fingerprint density at radius 3 is 2.36 bits per heavy atom. The molecular formula is C19H33Cl3N4O2. The van der Waals surface area contributed by atoms with Crippen molar-refractivity contribution in [3.8, 4) is 0 Å². The Kier molecular flexibility index (Phi) is 13.1. The van der Waals surface area contributed by atoms with Crippen LogP contribution in [0.25, 0.3) is 0 Å². The van der Waals surface area contributed by atoms with Gasteiger partial charge >= 0.3 is 0 Å². The van der Waals surface area contributed by atoms with Gasteiger partial charge in [0.1, 0.15) is 6.10 Å². The van der Waals surface area contributed by atoms with Gasteiger partial charge in [0.05, 0.1) is 6.10 Å². The van der Waals surface area contributed by atoms with Crippen LogP contribution < -0.4 is 16.0 Å². The molecule has 162 valence electrons. The van der Waals surface area contributed by atoms with E-state index in [2.05, 4.69) is 46.3 Å². The largest absolute Gasteiger partial charge is 0.369 e. The molecule has 6 nitrogen and oxygen atoms in total. The third-order valence-corrected chi connectivity index (χ3v) is 5.08. The smallest absolute Gasteiger partial charge is 0.249 e. The van der Waals surface area contributed by atoms with Crippen LogP contribution in [0.4, 0.5) is 5.69 Å². The number of nitrogens with two attached hydrogens (primary N) is 1. The molecule has 1 amide bonds. The molecule has 0 saturated carbocycles. The molecule has 2 aliphatic heterocycles. The zero-order valence-corrected chi connectivity index (χ0v) is 18.7. The van der Waals surface area contributed by atoms with Crippen LogP contribution in [0.15, 0.2) is 30.3 Å². The first kappa shape index (κ1) is 27.2. The number of amides is 1. The molecule has 1 aromatic rings. The van der Waals surface area contributed by atoms with Crippen LogP contribution in [0.2, 0.25) is 0 Å². The van der Waals surface area contributed by atoms with E-state index in [1.54, 1.807) is 0 Å². The third-order valence-electron chi connectivity index (χ3n) is 5.08. The van der Waals surface area contributed by atoms with E-state index in [-0.39, 0.29) is 61.4 Å². The number of nitrogens with one attached hydrogen (secondary N) is 1. The molecule has 2 aliphatic rings. The van der Waals surface area contributed by atoms with E-state index in [1.807, 2.05) is 6.07 Å². The van der Waals surface area contributed by atoms with Crippen molar-refractivity contribution in [3.63, 3.8) is 0 Å². The first-order valence-electron chi connectivity index (χ1n) is 9.34. The highest BCUT2D eigenvalue weighted by Gasteiger charge is 2.30. The van der Waals surface area contributed by atoms with Crippen LogP contribution in [0.1, 0.15) is 19.8 Å². The van der Waals surface area contributed by atoms with Crippen molar-refractivity contribution in [2.24, 2.45) is 5.73 Å². The van der Waals surface area contributed by atoms with Gasteiger partial charge in [-0.05, 0) is 31.9 Å². The normalized spacial score (nSPS) is 23.0. The highest BCUT2D eigenvalue weighted by molar-refractivity contribution is 5.86. The Labute approximate surface area is 186 Å². The first-order chi connectivity index (χ1) is 12.2. The second-order valence-electron chi connectivity index (χ2n) is 7.09. The minimum Gasteiger partial charge on any atom is -0.369 e. The van der Waals surface area contributed by atoms with Crippen LogP contribution >= 0.6 is 37.2 Å². The number of benzene rings is 1. The standard InChI is InChI=1S/C19H30N4O2.3ClH/c1-15(21-19(24)18-8-7-17(13-20)25-18)14-22-9-11-23(12-10-22)16-5-3-2-4-6-16;;;/h2-6,15,17-18H,7-14,20H2,1H3,(H,21,24);3*1H/t15?,17-,18+;;;/m1.../s1. The number of ether oxygens (including phenoxy) is 1. The van der Waals surface area contributed by atoms with Gasteiger partial charge in [0.25, 0.3) is 0 Å². The summed E-state index contributed by atoms with van der Waals surface area (Å²) in [6, 6.07) is 10.7. The van der Waals surface area contributed by atoms with Gasteiger partial charge in [0.2, 0.25) is 5.91 Å². The van der Waals surface area contributed by atoms with Crippen LogP contribution in [0.5, 0.6) is 0 Å². The number of rotatable bonds is 6. The minimum absolute atomic E-state index is 0. The predicted octanol–water partition coefficient (Wildman–Crippen LogP) is 2.09. The number of halogens is 3. The Bertz CT molecular complexity index is 559. The molecule has 3 atom stereocenters. The van der Waals surface area contributed by atoms with Crippen molar-refractivity contribution < 1.29 is 9.53 Å². The summed E-state index contributed by atoms with van der Waals surface area (Å²) in [5.41, 5.74) is 6.90. The lowest BCUT2D eigenvalue weighted by atomic mass is 10.1. The van der Waals surface area contributed by atoms with Crippen molar-refractivity contribution in [1.29, 1.82) is 0 Å². The number of carbonyl (C=O) groups is 1. The maximum Gasteiger partial charge on any atom is 0.249 e. The fourth-order valence-corrected chi connectivity index (χ4v) is 3.67. The van der Waals surface area contributed by atoms with Crippen molar-refractivity contribution in [1.82, 2.24) is 10.2 Å². The van der Waals surface area contributed by atoms with E-state index in [0.29, 0.717) is 6.54 Å². The maximum absolute atomic E-state index is 12.3. The second kappa shape index (κ2) is 13.5. The van der Waals surface area contributed by atoms with Gasteiger partial charge in [0, 0.05) is 51.0 Å². The zero-order chi connectivity index (χ0) is 17.6. The summed E-state index contributed by atoms with van der Waals surface area (Å²) in [6.07, 6.45) is 1.36. The lowest BCUT2D eigenvalue weighted by Crippen LogP contribution is -2.51. The molecule has 0 aromatic heterocycles. The fraction of sp³-hybridized carbons (Fsp3) is 0.632. The van der Waals surface area contributed by atoms with Crippen LogP contribution in [-0.2, 0) is 9.53 Å². The highest BCUT2D eigenvalue weighted by atomic mass is 35.5. The monoisotopic (exact) mass is 454 g/mol. The molecule has 0 spiro atoms. The summed E-state index contributed by atoms with van der Waals surface area (Å²) in [5, 5.41) is 3.10. The number of anilines is 1. The summed E-state index contributed by atoms with van der Waals surface area (Å²) in [7, 11) is 0. The van der Waals surface area contributed by atoms with Crippen molar-refractivity contribution in [2.75, 3.05) is 44.2 Å². The van der Waals surface area contributed by atoms with Crippen LogP contribution in [0, 0.1) is 0 Å². The van der Waals surface area contributed by atoms with Crippen LogP contribution in [-0.4, -0.2) is 68.3 Å². The predicted molar refractivity (Wildman–Crippen MR) is 121 cm³/mol. The van der Waals surface area contributed by atoms with E-state index >= 15 is 0 Å². The van der Waals surface area contributed by atoms with E-state index in [9.17, 15) is 4.79 Å². The van der Waals surface area contributed by atoms with E-state index in [0.717, 1.165) is 45.6 Å². The number of nitrogens with zero attached hydrogens (tertiary/aromatic N) is 2. The molecular weight excluding hydrogens is 423 g/mol. The molecule has 9 heteroatoms. The van der Waals surface area contributed by atoms with E-state index in [4.69, 9.17) is 10.5 Å². The fourth-order valence-electron chi connectivity index (χ4n) is 3.67. The average Bonchev–Trinajstić information content (AvgIpc) is 3.12. The molecule has 1 unspecified atom stereocenters. The summed E-state index contributed by atoms with van der Waals surface area (Å²) in [4.78, 5) is 17.1. The molecule has 2 saturated heterocycles. The number of para-hydroxylation sites is 1. The van der Waals surface area contributed by atoms with Crippen molar-refractivity contribution in [2.45, 2.75) is 38.0 Å². The molecule has 3 rings (SSSR count). The average molecular weight is 456 g/mol. The third kappa shape index (κ3) is 7.58. The van der Waals surface area contributed by atoms with Gasteiger partial charge in [-0.25, -0.2) is 0 Å². The summed E-state index contributed by atoms with van der Waals surface area (Å²) in [5.74, 6) is 0.00590. The number of hydrogen-bond donors (Lipinski definition) is 2. The van der Waals surface area contributed by atoms with Gasteiger partial charge in [0.15, 0.2) is 0 Å². The van der Waals surface area contributed by atoms with Crippen molar-refractivity contribution in [3.05, 3.63) is 30.3 Å². The molecule has 0 bridgehead atoms. The van der Waals surface area contributed by atoms with Crippen LogP contribution in [0.3, 0.4) is 0 Å². The molecule has 28 heavy (non-hydrogen) atoms. The molecule has 2 fully saturated rings. The second-order valence-corrected chi connectivity index (χ2v) is 7.09. The topological polar surface area (TPSA) is 70.8 Å². The van der Waals surface area contributed by atoms with Gasteiger partial charge in [-0.15, -0.1) is 37.2 Å². The maximum atomic E-state index is 12.3. The van der Waals surface area contributed by atoms with E-state index < -0.39 is 0 Å². The minimum atomic E-state index is -0.328. The quantitative estimate of drug-likeness (QED) is 0.687. The number of hydrogen-bond acceptors (Lipinski definition) is 5. The van der Waals surface area contributed by atoms with Gasteiger partial charge in [-0.1, -0.05) is 18.2 Å². The van der Waals surface area contributed by atoms with E-state index in [1.165, 1.54) is 5.69 Å². The molecule has 2 heterocycles. The van der Waals surface area contributed by atoms with Gasteiger partial charge in [-0.3, -0.25) is 9.69 Å². The molecule has 0 radical (unpaired) electrons. The summed E-state index contributed by atoms with van der Waals surface area (Å²) < 4.78 is 5.67. The molecule has 1 aromatic carbocycles. The van der Waals surface area contributed by atoms with Crippen molar-refractivity contribution >= 4 is 48.8 Å². The number of piperazine rings is 1. The summed E-state index contributed by atoms with van der Waals surface area (Å²) in [6.45, 7) is 7.51. The Balaban J connectivity index is 0.00000243. The molecule has 0 aliphatic carbocycles. The zero-order valence-electron chi connectivity index (χ0n) is 16.3. The Morgan fingerprint density at radius 2 is 1.79 bits per heavy atom. The lowest BCUT2D eigenvalue weighted by Gasteiger charge is -2.37. The highest BCUT2D eigenvalue weighted by Crippen LogP contribution is 2.19. The van der Waals surface area contributed by atoms with Gasteiger partial charge < -0.3 is 20.7 Å².